The van der Waals surface area contributed by atoms with E-state index in [4.69, 9.17) is 0 Å². The van der Waals surface area contributed by atoms with Crippen molar-refractivity contribution >= 4 is 172 Å². The summed E-state index contributed by atoms with van der Waals surface area (Å²) in [6, 6.07) is 175. The topological polar surface area (TPSA) is 45.2 Å². The monoisotopic (exact) mass is 2000 g/mol. The highest BCUT2D eigenvalue weighted by Gasteiger charge is 2.40. The molecule has 2 aliphatic rings. The molecule has 0 radical (unpaired) electrons. The summed E-state index contributed by atoms with van der Waals surface area (Å²) in [6.07, 6.45) is 3.63. The molecule has 0 spiro atoms. The molecule has 0 bridgehead atoms. The second-order valence-corrected chi connectivity index (χ2v) is 38.0. The molecule has 140 heavy (non-hydrogen) atoms. The first-order chi connectivity index (χ1) is 67.2. The van der Waals surface area contributed by atoms with Crippen LogP contribution in [0.2, 0.25) is 0 Å². The third-order valence-corrected chi connectivity index (χ3v) is 27.4. The van der Waals surface area contributed by atoms with Gasteiger partial charge in [-0.25, -0.2) is 9.97 Å². The van der Waals surface area contributed by atoms with E-state index in [1.165, 1.54) is 99.7 Å². The Balaban J connectivity index is 0.000000141. The fraction of sp³-hybridized carbons (Fsp3) is 0.0698. The van der Waals surface area contributed by atoms with Crippen molar-refractivity contribution in [3.05, 3.63) is 539 Å². The summed E-state index contributed by atoms with van der Waals surface area (Å²) in [5.74, 6) is 1.69. The Morgan fingerprint density at radius 3 is 0.793 bits per heavy atom. The fourth-order valence-electron chi connectivity index (χ4n) is 19.9. The van der Waals surface area contributed by atoms with Crippen molar-refractivity contribution in [1.82, 2.24) is 9.97 Å². The first-order valence-corrected chi connectivity index (χ1v) is 48.6. The molecule has 0 amide bonds. The number of anilines is 18. The number of aromatic nitrogens is 2. The van der Waals surface area contributed by atoms with Gasteiger partial charge in [0.25, 0.3) is 0 Å². The molecule has 684 valence electrons. The highest BCUT2D eigenvalue weighted by molar-refractivity contribution is 9.11. The minimum absolute atomic E-state index is 0. The SMILES string of the molecule is Brc1cc(N(c2ccccc2)c2ccccc2)cc(N(c2cccc(-c3cccc4ccccc34)c2)c2cccc(-c3cccc4ccccc34)c2)c1.Brc1cc(N(c2ccccc2)c2ccccn2)cc(N(c2ccccc2)c2ccccn2)c1.C.C.C.CC1(C)c2ccccc2-c2c(N(c3ccccc3)c3cc(Br)cc(N(c4ccccc4)c4cccc5c4-c4ccccc4C5(C)C)c3)cccc21. The summed E-state index contributed by atoms with van der Waals surface area (Å²) in [4.78, 5) is 23.1. The first-order valence-electron chi connectivity index (χ1n) is 46.2. The van der Waals surface area contributed by atoms with Gasteiger partial charge in [-0.1, -0.05) is 401 Å². The van der Waals surface area contributed by atoms with Crippen molar-refractivity contribution in [2.45, 2.75) is 60.8 Å². The van der Waals surface area contributed by atoms with E-state index in [2.05, 4.69) is 533 Å². The zero-order valence-electron chi connectivity index (χ0n) is 76.1. The Bertz CT molecular complexity index is 7390. The Kier molecular flexibility index (Phi) is 28.1. The average molecular weight is 2010 g/mol. The molecular weight excluding hydrogens is 1900 g/mol. The number of nitrogens with zero attached hydrogens (tertiary/aromatic N) is 8. The van der Waals surface area contributed by atoms with E-state index >= 15 is 0 Å². The van der Waals surface area contributed by atoms with Crippen molar-refractivity contribution in [1.29, 1.82) is 0 Å². The van der Waals surface area contributed by atoms with E-state index in [1.807, 2.05) is 85.2 Å². The van der Waals surface area contributed by atoms with E-state index in [1.54, 1.807) is 0 Å². The Hall–Kier alpha value is -15.8. The quantitative estimate of drug-likeness (QED) is 0.0748. The summed E-state index contributed by atoms with van der Waals surface area (Å²) in [7, 11) is 0. The van der Waals surface area contributed by atoms with E-state index in [0.29, 0.717) is 0 Å². The zero-order valence-corrected chi connectivity index (χ0v) is 80.9. The molecule has 2 aromatic heterocycles. The second-order valence-electron chi connectivity index (χ2n) is 35.3. The minimum Gasteiger partial charge on any atom is -0.310 e. The van der Waals surface area contributed by atoms with Gasteiger partial charge in [-0.3, -0.25) is 9.80 Å². The highest BCUT2D eigenvalue weighted by Crippen LogP contribution is 2.58. The number of para-hydroxylation sites is 6. The molecule has 0 fully saturated rings. The molecule has 8 nitrogen and oxygen atoms in total. The second kappa shape index (κ2) is 41.7. The normalized spacial score (nSPS) is 11.9. The predicted molar refractivity (Wildman–Crippen MR) is 607 cm³/mol. The van der Waals surface area contributed by atoms with E-state index < -0.39 is 0 Å². The van der Waals surface area contributed by atoms with Crippen LogP contribution in [0, 0.1) is 0 Å². The number of halogens is 3. The standard InChI is InChI=1S/C50H35BrN2.C48H39BrN2.C28H21BrN4.3CH4/c51-40-33-45(52(41-21-3-1-4-22-41)42-23-5-2-6-24-42)35-46(34-40)53(43-25-11-19-38(31-43)49-29-13-17-36-15-7-9-27-47(36)49)44-26-12-20-39(32-44)50-30-14-18-37-16-8-10-28-48(37)50;1-47(2)39-23-13-11-21-37(39)45-41(47)25-15-27-43(45)50(33-17-7-5-8-18-33)35-29-32(49)30-36(31-35)51(34-19-9-6-10-20-34)44-28-16-26-42-46(44)38-22-12-14-24-40(38)48(42,3)4;29-22-19-25(32(23-11-3-1-4-12-23)27-15-7-9-17-30-27)21-26(20-22)33(24-13-5-2-6-14-24)28-16-8-10-18-31-28;;;/h1-35H;5-31H,1-4H3;1-21H;3*1H4. The molecule has 0 saturated heterocycles. The largest absolute Gasteiger partial charge is 0.310 e. The molecule has 2 aliphatic carbocycles. The summed E-state index contributed by atoms with van der Waals surface area (Å²) in [5, 5.41) is 4.94. The molecule has 11 heteroatoms. The van der Waals surface area contributed by atoms with Gasteiger partial charge in [0, 0.05) is 116 Å². The fourth-order valence-corrected chi connectivity index (χ4v) is 21.3. The van der Waals surface area contributed by atoms with Crippen LogP contribution in [0.1, 0.15) is 72.2 Å². The number of hydrogen-bond donors (Lipinski definition) is 0. The summed E-state index contributed by atoms with van der Waals surface area (Å²) >= 11 is 11.7. The number of rotatable bonds is 20. The summed E-state index contributed by atoms with van der Waals surface area (Å²) < 4.78 is 2.96. The maximum absolute atomic E-state index is 4.64. The van der Waals surface area contributed by atoms with Crippen LogP contribution < -0.4 is 29.4 Å². The van der Waals surface area contributed by atoms with Crippen LogP contribution in [0.15, 0.2) is 517 Å². The minimum atomic E-state index is -0.103. The number of fused-ring (bicyclic) bond motifs is 8. The van der Waals surface area contributed by atoms with Gasteiger partial charge >= 0.3 is 0 Å². The lowest BCUT2D eigenvalue weighted by Crippen LogP contribution is -2.17. The number of benzene rings is 19. The van der Waals surface area contributed by atoms with Crippen molar-refractivity contribution in [3.63, 3.8) is 0 Å². The molecule has 2 heterocycles. The van der Waals surface area contributed by atoms with Crippen LogP contribution >= 0.6 is 47.8 Å². The molecule has 0 atom stereocenters. The van der Waals surface area contributed by atoms with Crippen molar-refractivity contribution in [2.24, 2.45) is 0 Å². The van der Waals surface area contributed by atoms with E-state index in [9.17, 15) is 0 Å². The third kappa shape index (κ3) is 18.9. The van der Waals surface area contributed by atoms with Crippen LogP contribution in [0.25, 0.3) is 66.1 Å². The van der Waals surface area contributed by atoms with Gasteiger partial charge in [-0.2, -0.15) is 0 Å². The average Bonchev–Trinajstić information content (AvgIpc) is 1.56. The third-order valence-electron chi connectivity index (χ3n) is 26.1. The molecule has 21 aromatic rings. The Labute approximate surface area is 849 Å². The predicted octanol–water partition coefficient (Wildman–Crippen LogP) is 39.1. The Morgan fingerprint density at radius 2 is 0.443 bits per heavy atom. The smallest absolute Gasteiger partial charge is 0.137 e. The lowest BCUT2D eigenvalue weighted by molar-refractivity contribution is 0.660. The molecule has 0 unspecified atom stereocenters. The van der Waals surface area contributed by atoms with Crippen LogP contribution in [0.4, 0.5) is 103 Å². The van der Waals surface area contributed by atoms with Gasteiger partial charge in [0.05, 0.1) is 22.7 Å². The van der Waals surface area contributed by atoms with Gasteiger partial charge in [-0.15, -0.1) is 0 Å². The summed E-state index contributed by atoms with van der Waals surface area (Å²) in [6.45, 7) is 9.39. The summed E-state index contributed by atoms with van der Waals surface area (Å²) in [5.41, 5.74) is 32.3. The van der Waals surface area contributed by atoms with Crippen molar-refractivity contribution < 1.29 is 0 Å². The van der Waals surface area contributed by atoms with E-state index in [0.717, 1.165) is 105 Å². The zero-order chi connectivity index (χ0) is 92.9. The molecule has 19 aromatic carbocycles. The highest BCUT2D eigenvalue weighted by atomic mass is 79.9. The van der Waals surface area contributed by atoms with Crippen LogP contribution in [-0.2, 0) is 10.8 Å². The molecule has 23 rings (SSSR count). The molecule has 0 saturated carbocycles. The van der Waals surface area contributed by atoms with Crippen LogP contribution in [0.3, 0.4) is 0 Å². The van der Waals surface area contributed by atoms with Crippen molar-refractivity contribution in [3.8, 4) is 44.5 Å². The van der Waals surface area contributed by atoms with Crippen LogP contribution in [-0.4, -0.2) is 9.97 Å². The molecule has 0 aliphatic heterocycles. The van der Waals surface area contributed by atoms with Gasteiger partial charge in [-0.05, 0) is 265 Å². The van der Waals surface area contributed by atoms with E-state index in [-0.39, 0.29) is 33.1 Å². The lowest BCUT2D eigenvalue weighted by Gasteiger charge is -2.32. The molecule has 0 N–H and O–H groups in total. The van der Waals surface area contributed by atoms with Crippen LogP contribution in [0.5, 0.6) is 0 Å². The Morgan fingerprint density at radius 1 is 0.193 bits per heavy atom. The van der Waals surface area contributed by atoms with Gasteiger partial charge < -0.3 is 19.6 Å². The van der Waals surface area contributed by atoms with Gasteiger partial charge in [0.2, 0.25) is 0 Å². The lowest BCUT2D eigenvalue weighted by atomic mass is 9.82. The maximum Gasteiger partial charge on any atom is 0.137 e. The molecular formula is C129H107Br3N8. The van der Waals surface area contributed by atoms with Gasteiger partial charge in [0.1, 0.15) is 11.6 Å². The first kappa shape index (κ1) is 94.6. The maximum atomic E-state index is 4.64. The van der Waals surface area contributed by atoms with Crippen molar-refractivity contribution in [2.75, 3.05) is 29.4 Å². The number of hydrogen-bond acceptors (Lipinski definition) is 8. The van der Waals surface area contributed by atoms with Gasteiger partial charge in [0.15, 0.2) is 0 Å². The number of pyridine rings is 2.